The Balaban J connectivity index is 1.63. The van der Waals surface area contributed by atoms with E-state index >= 15 is 0 Å². The maximum atomic E-state index is 13.0. The first-order valence-corrected chi connectivity index (χ1v) is 13.5. The number of alkyl carbamates (subject to hydrolysis) is 1. The van der Waals surface area contributed by atoms with Crippen LogP contribution in [0, 0.1) is 26.7 Å². The van der Waals surface area contributed by atoms with Gasteiger partial charge < -0.3 is 20.4 Å². The molecule has 1 aliphatic rings. The van der Waals surface area contributed by atoms with Crippen molar-refractivity contribution in [3.63, 3.8) is 0 Å². The normalized spacial score (nSPS) is 18.6. The van der Waals surface area contributed by atoms with Crippen LogP contribution in [0.5, 0.6) is 0 Å². The number of aryl methyl sites for hydroxylation is 2. The van der Waals surface area contributed by atoms with Crippen LogP contribution in [0.1, 0.15) is 91.0 Å². The van der Waals surface area contributed by atoms with Crippen molar-refractivity contribution in [1.82, 2.24) is 15.6 Å². The van der Waals surface area contributed by atoms with Crippen LogP contribution in [0.15, 0.2) is 22.3 Å². The summed E-state index contributed by atoms with van der Waals surface area (Å²) in [5, 5.41) is 7.84. The van der Waals surface area contributed by atoms with Crippen LogP contribution in [0.3, 0.4) is 0 Å². The molecule has 2 heterocycles. The lowest BCUT2D eigenvalue weighted by Crippen LogP contribution is -2.41. The van der Waals surface area contributed by atoms with Crippen LogP contribution in [0.2, 0.25) is 0 Å². The minimum atomic E-state index is -0.505. The molecule has 0 atom stereocenters. The van der Waals surface area contributed by atoms with Gasteiger partial charge in [0.2, 0.25) is 0 Å². The molecule has 0 spiro atoms. The fourth-order valence-electron chi connectivity index (χ4n) is 4.87. The first-order valence-electron chi connectivity index (χ1n) is 12.6. The highest BCUT2D eigenvalue weighted by atomic mass is 32.1. The largest absolute Gasteiger partial charge is 0.444 e. The summed E-state index contributed by atoms with van der Waals surface area (Å²) in [5.41, 5.74) is 4.46. The quantitative estimate of drug-likeness (QED) is 0.456. The van der Waals surface area contributed by atoms with Gasteiger partial charge in [0.15, 0.2) is 0 Å². The molecule has 1 aliphatic carbocycles. The van der Waals surface area contributed by atoms with Crippen molar-refractivity contribution in [3.8, 4) is 0 Å². The summed E-state index contributed by atoms with van der Waals surface area (Å²) in [6, 6.07) is 2.03. The standard InChI is InChI=1S/C28H39N3O4S/c1-8-21(19-9-11-20(12-10-19)31-27(34)35-28(5,6)7)24-18(4)23(15-36-24)25(32)29-14-22-16(2)13-17(3)30-26(22)33/h8,13,15,19-20H,9-12,14H2,1-7H3,(H,29,32)(H,30,33)(H,31,34). The number of aromatic amines is 1. The number of H-pyrrole nitrogens is 1. The predicted octanol–water partition coefficient (Wildman–Crippen LogP) is 5.78. The predicted molar refractivity (Wildman–Crippen MR) is 146 cm³/mol. The molecular weight excluding hydrogens is 474 g/mol. The van der Waals surface area contributed by atoms with Gasteiger partial charge in [0, 0.05) is 34.1 Å². The van der Waals surface area contributed by atoms with Gasteiger partial charge >= 0.3 is 6.09 Å². The summed E-state index contributed by atoms with van der Waals surface area (Å²) < 4.78 is 5.40. The zero-order chi connectivity index (χ0) is 26.6. The number of carbonyl (C=O) groups is 2. The fourth-order valence-corrected chi connectivity index (χ4v) is 6.09. The van der Waals surface area contributed by atoms with Crippen LogP contribution in [-0.4, -0.2) is 28.6 Å². The third-order valence-electron chi connectivity index (χ3n) is 6.66. The molecule has 0 aliphatic heterocycles. The molecule has 1 saturated carbocycles. The van der Waals surface area contributed by atoms with E-state index in [0.29, 0.717) is 17.0 Å². The van der Waals surface area contributed by atoms with E-state index in [0.717, 1.165) is 47.4 Å². The van der Waals surface area contributed by atoms with Gasteiger partial charge in [-0.25, -0.2) is 4.79 Å². The fraction of sp³-hybridized carbons (Fsp3) is 0.536. The lowest BCUT2D eigenvalue weighted by molar-refractivity contribution is 0.0490. The van der Waals surface area contributed by atoms with E-state index in [1.54, 1.807) is 11.3 Å². The molecule has 2 aromatic heterocycles. The van der Waals surface area contributed by atoms with Gasteiger partial charge in [0.25, 0.3) is 11.5 Å². The Kier molecular flexibility index (Phi) is 8.82. The van der Waals surface area contributed by atoms with Gasteiger partial charge in [0.1, 0.15) is 5.60 Å². The smallest absolute Gasteiger partial charge is 0.407 e. The van der Waals surface area contributed by atoms with E-state index in [1.165, 1.54) is 5.57 Å². The highest BCUT2D eigenvalue weighted by Crippen LogP contribution is 2.40. The lowest BCUT2D eigenvalue weighted by atomic mass is 9.80. The Hall–Kier alpha value is -2.87. The Bertz CT molecular complexity index is 1190. The number of hydrogen-bond acceptors (Lipinski definition) is 5. The van der Waals surface area contributed by atoms with Gasteiger partial charge in [-0.2, -0.15) is 0 Å². The second-order valence-corrected chi connectivity index (χ2v) is 11.5. The summed E-state index contributed by atoms with van der Waals surface area (Å²) in [7, 11) is 0. The van der Waals surface area contributed by atoms with Crippen molar-refractivity contribution >= 4 is 28.9 Å². The van der Waals surface area contributed by atoms with Crippen molar-refractivity contribution in [2.45, 2.75) is 92.3 Å². The minimum Gasteiger partial charge on any atom is -0.444 e. The number of pyridine rings is 1. The van der Waals surface area contributed by atoms with Crippen molar-refractivity contribution < 1.29 is 14.3 Å². The first kappa shape index (κ1) is 27.7. The molecule has 3 rings (SSSR count). The number of aromatic nitrogens is 1. The molecule has 0 radical (unpaired) electrons. The summed E-state index contributed by atoms with van der Waals surface area (Å²) in [4.78, 5) is 41.3. The van der Waals surface area contributed by atoms with Crippen molar-refractivity contribution in [2.75, 3.05) is 0 Å². The maximum Gasteiger partial charge on any atom is 0.407 e. The van der Waals surface area contributed by atoms with Crippen LogP contribution >= 0.6 is 11.3 Å². The Morgan fingerprint density at radius 3 is 2.42 bits per heavy atom. The monoisotopic (exact) mass is 513 g/mol. The first-order chi connectivity index (χ1) is 16.9. The van der Waals surface area contributed by atoms with Crippen molar-refractivity contribution in [1.29, 1.82) is 0 Å². The summed E-state index contributed by atoms with van der Waals surface area (Å²) >= 11 is 1.59. The van der Waals surface area contributed by atoms with E-state index in [1.807, 2.05) is 59.9 Å². The van der Waals surface area contributed by atoms with E-state index in [-0.39, 0.29) is 30.1 Å². The molecule has 7 nitrogen and oxygen atoms in total. The Morgan fingerprint density at radius 2 is 1.83 bits per heavy atom. The highest BCUT2D eigenvalue weighted by molar-refractivity contribution is 7.11. The molecule has 0 bridgehead atoms. The number of ether oxygens (including phenoxy) is 1. The molecule has 8 heteroatoms. The van der Waals surface area contributed by atoms with Crippen molar-refractivity contribution in [3.05, 3.63) is 60.7 Å². The van der Waals surface area contributed by atoms with Gasteiger partial charge in [0.05, 0.1) is 5.56 Å². The minimum absolute atomic E-state index is 0.119. The number of carbonyl (C=O) groups excluding carboxylic acids is 2. The molecule has 196 valence electrons. The van der Waals surface area contributed by atoms with E-state index in [4.69, 9.17) is 4.74 Å². The average Bonchev–Trinajstić information content (AvgIpc) is 3.14. The summed E-state index contributed by atoms with van der Waals surface area (Å²) in [6.45, 7) is 13.5. The number of rotatable bonds is 6. The molecule has 36 heavy (non-hydrogen) atoms. The molecule has 2 aromatic rings. The topological polar surface area (TPSA) is 100 Å². The molecule has 2 amide bonds. The van der Waals surface area contributed by atoms with E-state index < -0.39 is 5.60 Å². The zero-order valence-electron chi connectivity index (χ0n) is 22.5. The van der Waals surface area contributed by atoms with Gasteiger partial charge in [-0.1, -0.05) is 6.08 Å². The van der Waals surface area contributed by atoms with E-state index in [9.17, 15) is 14.4 Å². The molecule has 3 N–H and O–H groups in total. The van der Waals surface area contributed by atoms with Crippen LogP contribution in [0.25, 0.3) is 5.57 Å². The molecule has 1 fully saturated rings. The lowest BCUT2D eigenvalue weighted by Gasteiger charge is -2.31. The second kappa shape index (κ2) is 11.5. The Labute approximate surface area is 217 Å². The second-order valence-electron chi connectivity index (χ2n) is 10.7. The summed E-state index contributed by atoms with van der Waals surface area (Å²) in [5.74, 6) is 0.212. The molecule has 0 saturated heterocycles. The zero-order valence-corrected chi connectivity index (χ0v) is 23.3. The summed E-state index contributed by atoms with van der Waals surface area (Å²) in [6.07, 6.45) is 5.52. The number of thiophene rings is 1. The number of allylic oxidation sites excluding steroid dienone is 2. The number of nitrogens with one attached hydrogen (secondary N) is 3. The highest BCUT2D eigenvalue weighted by Gasteiger charge is 2.28. The van der Waals surface area contributed by atoms with Crippen LogP contribution in [0.4, 0.5) is 4.79 Å². The molecule has 0 unspecified atom stereocenters. The number of amides is 2. The SMILES string of the molecule is CC=C(c1scc(C(=O)NCc2c(C)cc(C)[nH]c2=O)c1C)C1CCC(NC(=O)OC(C)(C)C)CC1. The van der Waals surface area contributed by atoms with Crippen molar-refractivity contribution in [2.24, 2.45) is 5.92 Å². The molecular formula is C28H39N3O4S. The average molecular weight is 514 g/mol. The third-order valence-corrected chi connectivity index (χ3v) is 7.80. The Morgan fingerprint density at radius 1 is 1.17 bits per heavy atom. The van der Waals surface area contributed by atoms with Crippen LogP contribution < -0.4 is 16.2 Å². The molecule has 0 aromatic carbocycles. The third kappa shape index (κ3) is 6.87. The van der Waals surface area contributed by atoms with Gasteiger partial charge in [-0.05, 0) is 103 Å². The van der Waals surface area contributed by atoms with Gasteiger partial charge in [-0.15, -0.1) is 11.3 Å². The number of hydrogen-bond donors (Lipinski definition) is 3. The van der Waals surface area contributed by atoms with Gasteiger partial charge in [-0.3, -0.25) is 9.59 Å². The van der Waals surface area contributed by atoms with E-state index in [2.05, 4.69) is 21.7 Å². The van der Waals surface area contributed by atoms with Crippen LogP contribution in [-0.2, 0) is 11.3 Å². The maximum absolute atomic E-state index is 13.0.